The highest BCUT2D eigenvalue weighted by Crippen LogP contribution is 2.11. The van der Waals surface area contributed by atoms with Crippen LogP contribution in [0.3, 0.4) is 0 Å². The molecular weight excluding hydrogens is 154 g/mol. The van der Waals surface area contributed by atoms with Gasteiger partial charge in [-0.3, -0.25) is 0 Å². The molecule has 0 atom stereocenters. The van der Waals surface area contributed by atoms with E-state index in [1.807, 2.05) is 17.5 Å². The van der Waals surface area contributed by atoms with Gasteiger partial charge in [0.15, 0.2) is 0 Å². The van der Waals surface area contributed by atoms with Gasteiger partial charge in [0, 0.05) is 11.3 Å². The summed E-state index contributed by atoms with van der Waals surface area (Å²) in [6.07, 6.45) is -0.334. The molecule has 0 saturated carbocycles. The van der Waals surface area contributed by atoms with Crippen LogP contribution >= 0.6 is 11.3 Å². The van der Waals surface area contributed by atoms with E-state index in [-0.39, 0.29) is 0 Å². The molecule has 1 aromatic rings. The molecule has 54 valence electrons. The van der Waals surface area contributed by atoms with Crippen LogP contribution in [0.2, 0.25) is 0 Å². The SMILES string of the molecule is FC(F)=CCc1cccs1. The highest BCUT2D eigenvalue weighted by atomic mass is 32.1. The van der Waals surface area contributed by atoms with Crippen molar-refractivity contribution in [3.8, 4) is 0 Å². The van der Waals surface area contributed by atoms with Crippen LogP contribution in [0, 0.1) is 0 Å². The summed E-state index contributed by atoms with van der Waals surface area (Å²) in [6, 6.07) is 3.69. The predicted octanol–water partition coefficient (Wildman–Crippen LogP) is 3.07. The summed E-state index contributed by atoms with van der Waals surface area (Å²) in [5.41, 5.74) is 0. The molecule has 0 spiro atoms. The number of hydrogen-bond donors (Lipinski definition) is 0. The number of allylic oxidation sites excluding steroid dienone is 1. The minimum absolute atomic E-state index is 0.347. The van der Waals surface area contributed by atoms with E-state index in [0.717, 1.165) is 11.0 Å². The number of hydrogen-bond acceptors (Lipinski definition) is 1. The molecule has 0 bridgehead atoms. The van der Waals surface area contributed by atoms with E-state index in [1.165, 1.54) is 11.3 Å². The van der Waals surface area contributed by atoms with Crippen molar-refractivity contribution >= 4 is 11.3 Å². The van der Waals surface area contributed by atoms with Gasteiger partial charge in [0.1, 0.15) is 0 Å². The molecule has 0 N–H and O–H groups in total. The van der Waals surface area contributed by atoms with Crippen LogP contribution in [0.25, 0.3) is 0 Å². The molecule has 3 heteroatoms. The van der Waals surface area contributed by atoms with Crippen molar-refractivity contribution < 1.29 is 8.78 Å². The van der Waals surface area contributed by atoms with Crippen LogP contribution in [0.15, 0.2) is 29.7 Å². The van der Waals surface area contributed by atoms with Crippen LogP contribution in [0.5, 0.6) is 0 Å². The molecule has 1 aromatic heterocycles. The summed E-state index contributed by atoms with van der Waals surface area (Å²) in [7, 11) is 0. The lowest BCUT2D eigenvalue weighted by atomic mass is 10.3. The molecule has 0 aliphatic carbocycles. The maximum atomic E-state index is 11.5. The molecular formula is C7H6F2S. The average Bonchev–Trinajstić information content (AvgIpc) is 2.34. The Morgan fingerprint density at radius 3 is 2.90 bits per heavy atom. The third-order valence-corrected chi connectivity index (χ3v) is 1.94. The zero-order valence-electron chi connectivity index (χ0n) is 5.18. The summed E-state index contributed by atoms with van der Waals surface area (Å²) in [6.45, 7) is 0. The third-order valence-electron chi connectivity index (χ3n) is 1.04. The van der Waals surface area contributed by atoms with Crippen molar-refractivity contribution in [1.82, 2.24) is 0 Å². The van der Waals surface area contributed by atoms with Crippen molar-refractivity contribution in [3.63, 3.8) is 0 Å². The minimum Gasteiger partial charge on any atom is -0.174 e. The zero-order chi connectivity index (χ0) is 7.40. The van der Waals surface area contributed by atoms with Crippen LogP contribution in [0.1, 0.15) is 4.88 Å². The van der Waals surface area contributed by atoms with Gasteiger partial charge in [0.05, 0.1) is 0 Å². The number of thiophene rings is 1. The van der Waals surface area contributed by atoms with Gasteiger partial charge in [-0.2, -0.15) is 8.78 Å². The molecule has 0 aliphatic rings. The maximum absolute atomic E-state index is 11.5. The van der Waals surface area contributed by atoms with Gasteiger partial charge in [0.2, 0.25) is 0 Å². The first-order valence-electron chi connectivity index (χ1n) is 2.82. The fourth-order valence-electron chi connectivity index (χ4n) is 0.606. The Labute approximate surface area is 61.8 Å². The van der Waals surface area contributed by atoms with Gasteiger partial charge in [-0.1, -0.05) is 6.07 Å². The van der Waals surface area contributed by atoms with E-state index in [2.05, 4.69) is 0 Å². The first-order valence-corrected chi connectivity index (χ1v) is 3.70. The van der Waals surface area contributed by atoms with Crippen LogP contribution < -0.4 is 0 Å². The molecule has 0 saturated heterocycles. The maximum Gasteiger partial charge on any atom is 0.266 e. The van der Waals surface area contributed by atoms with Gasteiger partial charge in [-0.05, 0) is 17.5 Å². The molecule has 0 unspecified atom stereocenters. The lowest BCUT2D eigenvalue weighted by Gasteiger charge is -1.84. The molecule has 0 amide bonds. The lowest BCUT2D eigenvalue weighted by Crippen LogP contribution is -1.71. The van der Waals surface area contributed by atoms with Gasteiger partial charge < -0.3 is 0 Å². The fourth-order valence-corrected chi connectivity index (χ4v) is 1.28. The molecule has 0 fully saturated rings. The molecule has 0 nitrogen and oxygen atoms in total. The molecule has 0 aromatic carbocycles. The van der Waals surface area contributed by atoms with E-state index in [9.17, 15) is 8.78 Å². The second-order valence-electron chi connectivity index (χ2n) is 1.78. The van der Waals surface area contributed by atoms with Crippen molar-refractivity contribution in [1.29, 1.82) is 0 Å². The van der Waals surface area contributed by atoms with Gasteiger partial charge in [0.25, 0.3) is 6.08 Å². The highest BCUT2D eigenvalue weighted by molar-refractivity contribution is 7.09. The predicted molar refractivity (Wildman–Crippen MR) is 38.3 cm³/mol. The largest absolute Gasteiger partial charge is 0.266 e. The fraction of sp³-hybridized carbons (Fsp3) is 0.143. The topological polar surface area (TPSA) is 0 Å². The summed E-state index contributed by atoms with van der Waals surface area (Å²) in [5.74, 6) is 0. The first kappa shape index (κ1) is 7.41. The zero-order valence-corrected chi connectivity index (χ0v) is 6.00. The monoisotopic (exact) mass is 160 g/mol. The number of halogens is 2. The standard InChI is InChI=1S/C7H6F2S/c8-7(9)4-3-6-2-1-5-10-6/h1-2,4-5H,3H2. The minimum atomic E-state index is -1.60. The molecule has 0 radical (unpaired) electrons. The van der Waals surface area contributed by atoms with Crippen molar-refractivity contribution in [2.45, 2.75) is 6.42 Å². The third kappa shape index (κ3) is 2.27. The summed E-state index contributed by atoms with van der Waals surface area (Å²) in [4.78, 5) is 0.966. The summed E-state index contributed by atoms with van der Waals surface area (Å²) in [5, 5.41) is 1.87. The Balaban J connectivity index is 2.49. The quantitative estimate of drug-likeness (QED) is 0.623. The highest BCUT2D eigenvalue weighted by Gasteiger charge is 1.91. The summed E-state index contributed by atoms with van der Waals surface area (Å²) < 4.78 is 23.0. The van der Waals surface area contributed by atoms with Crippen LogP contribution in [-0.4, -0.2) is 0 Å². The van der Waals surface area contributed by atoms with Gasteiger partial charge in [-0.15, -0.1) is 11.3 Å². The Morgan fingerprint density at radius 1 is 1.60 bits per heavy atom. The molecule has 10 heavy (non-hydrogen) atoms. The van der Waals surface area contributed by atoms with E-state index in [1.54, 1.807) is 0 Å². The first-order chi connectivity index (χ1) is 4.79. The van der Waals surface area contributed by atoms with Crippen LogP contribution in [0.4, 0.5) is 8.78 Å². The molecule has 1 rings (SSSR count). The second kappa shape index (κ2) is 3.46. The Morgan fingerprint density at radius 2 is 2.40 bits per heavy atom. The molecule has 0 aliphatic heterocycles. The van der Waals surface area contributed by atoms with E-state index < -0.39 is 6.08 Å². The molecule has 1 heterocycles. The second-order valence-corrected chi connectivity index (χ2v) is 2.81. The van der Waals surface area contributed by atoms with Crippen LogP contribution in [-0.2, 0) is 6.42 Å². The van der Waals surface area contributed by atoms with E-state index in [4.69, 9.17) is 0 Å². The van der Waals surface area contributed by atoms with Gasteiger partial charge >= 0.3 is 0 Å². The Kier molecular flexibility index (Phi) is 2.57. The number of rotatable bonds is 2. The smallest absolute Gasteiger partial charge is 0.174 e. The Bertz CT molecular complexity index is 210. The van der Waals surface area contributed by atoms with Crippen molar-refractivity contribution in [2.24, 2.45) is 0 Å². The summed E-state index contributed by atoms with van der Waals surface area (Å²) >= 11 is 1.49. The van der Waals surface area contributed by atoms with Gasteiger partial charge in [-0.25, -0.2) is 0 Å². The van der Waals surface area contributed by atoms with Crippen molar-refractivity contribution in [3.05, 3.63) is 34.5 Å². The van der Waals surface area contributed by atoms with E-state index >= 15 is 0 Å². The average molecular weight is 160 g/mol. The lowest BCUT2D eigenvalue weighted by molar-refractivity contribution is 0.418. The van der Waals surface area contributed by atoms with E-state index in [0.29, 0.717) is 6.42 Å². The van der Waals surface area contributed by atoms with Crippen molar-refractivity contribution in [2.75, 3.05) is 0 Å². The Hall–Kier alpha value is -0.700. The normalized spacial score (nSPS) is 9.40.